The van der Waals surface area contributed by atoms with E-state index in [0.29, 0.717) is 5.56 Å². The molecule has 0 saturated heterocycles. The zero-order valence-electron chi connectivity index (χ0n) is 9.16. The molecule has 0 saturated carbocycles. The van der Waals surface area contributed by atoms with E-state index in [1.165, 1.54) is 0 Å². The monoisotopic (exact) mass is 202 g/mol. The molecule has 3 heteroatoms. The summed E-state index contributed by atoms with van der Waals surface area (Å²) < 4.78 is 0. The molecule has 0 bridgehead atoms. The first-order valence-corrected chi connectivity index (χ1v) is 4.96. The van der Waals surface area contributed by atoms with E-state index >= 15 is 0 Å². The lowest BCUT2D eigenvalue weighted by atomic mass is 9.90. The number of fused-ring (bicyclic) bond motifs is 1. The van der Waals surface area contributed by atoms with Crippen LogP contribution in [0.2, 0.25) is 0 Å². The van der Waals surface area contributed by atoms with Gasteiger partial charge in [0.15, 0.2) is 6.29 Å². The Bertz CT molecular complexity index is 506. The molecule has 3 nitrogen and oxygen atoms in total. The third-order valence-electron chi connectivity index (χ3n) is 2.46. The first-order valence-electron chi connectivity index (χ1n) is 4.96. The Hall–Kier alpha value is -1.64. The number of carbonyl (C=O) groups is 1. The van der Waals surface area contributed by atoms with Crippen molar-refractivity contribution in [3.63, 3.8) is 0 Å². The number of hydrogen-bond donors (Lipinski definition) is 1. The van der Waals surface area contributed by atoms with Gasteiger partial charge in [0, 0.05) is 17.3 Å². The summed E-state index contributed by atoms with van der Waals surface area (Å²) in [5, 5.41) is 0. The summed E-state index contributed by atoms with van der Waals surface area (Å²) in [6, 6.07) is 3.80. The Labute approximate surface area is 88.5 Å². The third kappa shape index (κ3) is 1.54. The van der Waals surface area contributed by atoms with Gasteiger partial charge < -0.3 is 4.98 Å². The average Bonchev–Trinajstić information content (AvgIpc) is 2.55. The van der Waals surface area contributed by atoms with Crippen molar-refractivity contribution >= 4 is 17.3 Å². The van der Waals surface area contributed by atoms with Gasteiger partial charge >= 0.3 is 0 Å². The van der Waals surface area contributed by atoms with Gasteiger partial charge in [0.2, 0.25) is 0 Å². The summed E-state index contributed by atoms with van der Waals surface area (Å²) in [4.78, 5) is 18.6. The highest BCUT2D eigenvalue weighted by Crippen LogP contribution is 2.28. The number of carbonyl (C=O) groups excluding carboxylic acids is 1. The molecule has 0 spiro atoms. The van der Waals surface area contributed by atoms with Crippen molar-refractivity contribution in [3.05, 3.63) is 29.6 Å². The van der Waals surface area contributed by atoms with Gasteiger partial charge in [-0.2, -0.15) is 0 Å². The van der Waals surface area contributed by atoms with Gasteiger partial charge in [0.25, 0.3) is 0 Å². The van der Waals surface area contributed by atoms with Crippen molar-refractivity contribution in [3.8, 4) is 0 Å². The number of pyridine rings is 1. The predicted octanol–water partition coefficient (Wildman–Crippen LogP) is 2.67. The highest BCUT2D eigenvalue weighted by Gasteiger charge is 2.22. The minimum atomic E-state index is -0.0725. The fourth-order valence-corrected chi connectivity index (χ4v) is 1.75. The van der Waals surface area contributed by atoms with Crippen molar-refractivity contribution < 1.29 is 4.79 Å². The molecule has 0 aromatic carbocycles. The van der Waals surface area contributed by atoms with E-state index in [2.05, 4.69) is 30.7 Å². The Kier molecular flexibility index (Phi) is 2.11. The standard InChI is InChI=1S/C12H14N2O/c1-12(2,3)11-8(7-15)10-9(14-11)5-4-6-13-10/h4-7,14H,1-3H3. The fraction of sp³-hybridized carbons (Fsp3) is 0.333. The van der Waals surface area contributed by atoms with Gasteiger partial charge in [-0.25, -0.2) is 0 Å². The predicted molar refractivity (Wildman–Crippen MR) is 60.2 cm³/mol. The smallest absolute Gasteiger partial charge is 0.154 e. The molecule has 0 aliphatic heterocycles. The van der Waals surface area contributed by atoms with Crippen LogP contribution in [0.1, 0.15) is 36.8 Å². The van der Waals surface area contributed by atoms with Crippen LogP contribution in [-0.4, -0.2) is 16.3 Å². The lowest BCUT2D eigenvalue weighted by Gasteiger charge is -2.17. The lowest BCUT2D eigenvalue weighted by Crippen LogP contribution is -2.13. The minimum absolute atomic E-state index is 0.0725. The van der Waals surface area contributed by atoms with Crippen LogP contribution in [0.3, 0.4) is 0 Å². The van der Waals surface area contributed by atoms with Gasteiger partial charge in [-0.3, -0.25) is 9.78 Å². The quantitative estimate of drug-likeness (QED) is 0.722. The van der Waals surface area contributed by atoms with E-state index in [1.807, 2.05) is 12.1 Å². The summed E-state index contributed by atoms with van der Waals surface area (Å²) >= 11 is 0. The minimum Gasteiger partial charge on any atom is -0.356 e. The van der Waals surface area contributed by atoms with E-state index in [-0.39, 0.29) is 5.41 Å². The van der Waals surface area contributed by atoms with Crippen molar-refractivity contribution in [2.24, 2.45) is 0 Å². The lowest BCUT2D eigenvalue weighted by molar-refractivity contribution is 0.112. The van der Waals surface area contributed by atoms with Crippen LogP contribution >= 0.6 is 0 Å². The second-order valence-corrected chi connectivity index (χ2v) is 4.68. The maximum atomic E-state index is 11.1. The number of aldehydes is 1. The summed E-state index contributed by atoms with van der Waals surface area (Å²) in [5.41, 5.74) is 3.24. The molecule has 78 valence electrons. The second-order valence-electron chi connectivity index (χ2n) is 4.68. The number of H-pyrrole nitrogens is 1. The first kappa shape index (κ1) is 9.90. The van der Waals surface area contributed by atoms with E-state index in [4.69, 9.17) is 0 Å². The topological polar surface area (TPSA) is 45.8 Å². The molecule has 0 aliphatic rings. The third-order valence-corrected chi connectivity index (χ3v) is 2.46. The van der Waals surface area contributed by atoms with Crippen LogP contribution in [0.4, 0.5) is 0 Å². The fourth-order valence-electron chi connectivity index (χ4n) is 1.75. The van der Waals surface area contributed by atoms with Crippen molar-refractivity contribution in [1.82, 2.24) is 9.97 Å². The Morgan fingerprint density at radius 3 is 2.73 bits per heavy atom. The highest BCUT2D eigenvalue weighted by molar-refractivity contribution is 5.96. The number of nitrogens with zero attached hydrogens (tertiary/aromatic N) is 1. The van der Waals surface area contributed by atoms with Gasteiger partial charge in [-0.05, 0) is 12.1 Å². The van der Waals surface area contributed by atoms with Gasteiger partial charge in [-0.15, -0.1) is 0 Å². The number of hydrogen-bond acceptors (Lipinski definition) is 2. The van der Waals surface area contributed by atoms with Crippen LogP contribution in [0.5, 0.6) is 0 Å². The van der Waals surface area contributed by atoms with E-state index in [9.17, 15) is 4.79 Å². The number of rotatable bonds is 1. The van der Waals surface area contributed by atoms with Crippen LogP contribution in [0, 0.1) is 0 Å². The van der Waals surface area contributed by atoms with Crippen LogP contribution in [-0.2, 0) is 5.41 Å². The van der Waals surface area contributed by atoms with Gasteiger partial charge in [-0.1, -0.05) is 20.8 Å². The molecule has 1 N–H and O–H groups in total. The van der Waals surface area contributed by atoms with Crippen LogP contribution in [0.25, 0.3) is 11.0 Å². The van der Waals surface area contributed by atoms with Crippen LogP contribution < -0.4 is 0 Å². The molecular weight excluding hydrogens is 188 g/mol. The summed E-state index contributed by atoms with van der Waals surface area (Å²) in [6.45, 7) is 6.22. The zero-order chi connectivity index (χ0) is 11.1. The molecule has 2 aromatic heterocycles. The van der Waals surface area contributed by atoms with Gasteiger partial charge in [0.05, 0.1) is 16.6 Å². The van der Waals surface area contributed by atoms with Crippen molar-refractivity contribution in [1.29, 1.82) is 0 Å². The Balaban J connectivity index is 2.81. The largest absolute Gasteiger partial charge is 0.356 e. The zero-order valence-corrected chi connectivity index (χ0v) is 9.16. The molecule has 0 fully saturated rings. The molecule has 0 radical (unpaired) electrons. The second kappa shape index (κ2) is 3.19. The normalized spacial score (nSPS) is 11.9. The molecule has 0 aliphatic carbocycles. The number of nitrogens with one attached hydrogen (secondary N) is 1. The molecular formula is C12H14N2O. The summed E-state index contributed by atoms with van der Waals surface area (Å²) in [7, 11) is 0. The molecule has 2 aromatic rings. The van der Waals surface area contributed by atoms with Gasteiger partial charge in [0.1, 0.15) is 0 Å². The highest BCUT2D eigenvalue weighted by atomic mass is 16.1. The summed E-state index contributed by atoms with van der Waals surface area (Å²) in [6.07, 6.45) is 2.59. The van der Waals surface area contributed by atoms with Crippen molar-refractivity contribution in [2.45, 2.75) is 26.2 Å². The van der Waals surface area contributed by atoms with Crippen LogP contribution in [0.15, 0.2) is 18.3 Å². The first-order chi connectivity index (χ1) is 7.04. The summed E-state index contributed by atoms with van der Waals surface area (Å²) in [5.74, 6) is 0. The molecule has 0 atom stereocenters. The molecule has 0 unspecified atom stereocenters. The van der Waals surface area contributed by atoms with E-state index in [0.717, 1.165) is 23.0 Å². The van der Waals surface area contributed by atoms with E-state index in [1.54, 1.807) is 6.20 Å². The SMILES string of the molecule is CC(C)(C)c1[nH]c2cccnc2c1C=O. The molecule has 2 rings (SSSR count). The molecule has 0 amide bonds. The maximum Gasteiger partial charge on any atom is 0.154 e. The average molecular weight is 202 g/mol. The molecule has 15 heavy (non-hydrogen) atoms. The number of aromatic amines is 1. The van der Waals surface area contributed by atoms with Crippen molar-refractivity contribution in [2.75, 3.05) is 0 Å². The van der Waals surface area contributed by atoms with E-state index < -0.39 is 0 Å². The Morgan fingerprint density at radius 1 is 1.40 bits per heavy atom. The maximum absolute atomic E-state index is 11.1. The number of aromatic nitrogens is 2. The Morgan fingerprint density at radius 2 is 2.13 bits per heavy atom. The molecule has 2 heterocycles.